The van der Waals surface area contributed by atoms with Gasteiger partial charge < -0.3 is 0 Å². The predicted octanol–water partition coefficient (Wildman–Crippen LogP) is 2.20. The van der Waals surface area contributed by atoms with Crippen molar-refractivity contribution in [1.82, 2.24) is 9.80 Å². The topological polar surface area (TPSA) is 6.48 Å². The number of hydrogen-bond acceptors (Lipinski definition) is 2. The maximum atomic E-state index is 2.63. The summed E-state index contributed by atoms with van der Waals surface area (Å²) in [7, 11) is 0. The van der Waals surface area contributed by atoms with Gasteiger partial charge in [0, 0.05) is 31.2 Å². The van der Waals surface area contributed by atoms with Crippen molar-refractivity contribution in [2.45, 2.75) is 59.2 Å². The fraction of sp³-hybridized carbons (Fsp3) is 1.00. The summed E-state index contributed by atoms with van der Waals surface area (Å²) in [6, 6.07) is 2.14. The average Bonchev–Trinajstić information content (AvgIpc) is 2.26. The van der Waals surface area contributed by atoms with E-state index in [0.717, 1.165) is 6.04 Å². The van der Waals surface area contributed by atoms with Gasteiger partial charge in [0.15, 0.2) is 0 Å². The Morgan fingerprint density at radius 1 is 0.929 bits per heavy atom. The van der Waals surface area contributed by atoms with Crippen LogP contribution in [0.3, 0.4) is 0 Å². The average molecular weight is 198 g/mol. The summed E-state index contributed by atoms with van der Waals surface area (Å²) in [5.74, 6) is 0. The van der Waals surface area contributed by atoms with Crippen LogP contribution in [-0.4, -0.2) is 47.6 Å². The molecule has 1 saturated heterocycles. The summed E-state index contributed by atoms with van der Waals surface area (Å²) < 4.78 is 0. The predicted molar refractivity (Wildman–Crippen MR) is 62.6 cm³/mol. The summed E-state index contributed by atoms with van der Waals surface area (Å²) in [4.78, 5) is 5.22. The fourth-order valence-corrected chi connectivity index (χ4v) is 2.38. The molecule has 0 amide bonds. The van der Waals surface area contributed by atoms with Crippen LogP contribution in [0.4, 0.5) is 0 Å². The van der Waals surface area contributed by atoms with Crippen LogP contribution < -0.4 is 0 Å². The monoisotopic (exact) mass is 198 g/mol. The Kier molecular flexibility index (Phi) is 4.39. The van der Waals surface area contributed by atoms with Crippen LogP contribution in [-0.2, 0) is 0 Å². The van der Waals surface area contributed by atoms with Gasteiger partial charge in [-0.1, -0.05) is 0 Å². The first-order valence-electron chi connectivity index (χ1n) is 6.02. The Balaban J connectivity index is 2.53. The molecule has 0 aromatic rings. The second-order valence-electron chi connectivity index (χ2n) is 5.10. The van der Waals surface area contributed by atoms with Gasteiger partial charge in [-0.3, -0.25) is 9.80 Å². The van der Waals surface area contributed by atoms with Crippen molar-refractivity contribution in [2.75, 3.05) is 19.6 Å². The highest BCUT2D eigenvalue weighted by atomic mass is 15.3. The molecule has 0 aromatic heterocycles. The third kappa shape index (κ3) is 2.96. The molecule has 2 nitrogen and oxygen atoms in total. The molecule has 0 aliphatic carbocycles. The molecule has 1 aliphatic heterocycles. The third-order valence-corrected chi connectivity index (χ3v) is 3.44. The quantitative estimate of drug-likeness (QED) is 0.671. The summed E-state index contributed by atoms with van der Waals surface area (Å²) in [6.07, 6.45) is 1.32. The van der Waals surface area contributed by atoms with E-state index in [1.54, 1.807) is 0 Å². The van der Waals surface area contributed by atoms with Crippen LogP contribution in [0, 0.1) is 0 Å². The van der Waals surface area contributed by atoms with Crippen LogP contribution in [0.2, 0.25) is 0 Å². The molecule has 1 fully saturated rings. The number of rotatable bonds is 2. The third-order valence-electron chi connectivity index (χ3n) is 3.44. The van der Waals surface area contributed by atoms with Crippen LogP contribution in [0.1, 0.15) is 41.0 Å². The molecule has 1 atom stereocenters. The Bertz CT molecular complexity index is 166. The lowest BCUT2D eigenvalue weighted by atomic mass is 10.1. The van der Waals surface area contributed by atoms with E-state index in [-0.39, 0.29) is 0 Å². The minimum atomic E-state index is 0.692. The van der Waals surface area contributed by atoms with Crippen molar-refractivity contribution in [3.8, 4) is 0 Å². The van der Waals surface area contributed by atoms with E-state index in [0.29, 0.717) is 12.1 Å². The van der Waals surface area contributed by atoms with Crippen LogP contribution in [0.25, 0.3) is 0 Å². The summed E-state index contributed by atoms with van der Waals surface area (Å²) in [6.45, 7) is 15.3. The second-order valence-corrected chi connectivity index (χ2v) is 5.10. The van der Waals surface area contributed by atoms with E-state index < -0.39 is 0 Å². The highest BCUT2D eigenvalue weighted by molar-refractivity contribution is 4.79. The van der Waals surface area contributed by atoms with E-state index in [1.807, 2.05) is 0 Å². The lowest BCUT2D eigenvalue weighted by molar-refractivity contribution is 0.166. The molecule has 1 unspecified atom stereocenters. The van der Waals surface area contributed by atoms with Gasteiger partial charge in [-0.05, 0) is 47.6 Å². The van der Waals surface area contributed by atoms with Crippen molar-refractivity contribution in [1.29, 1.82) is 0 Å². The van der Waals surface area contributed by atoms with Gasteiger partial charge in [-0.15, -0.1) is 0 Å². The highest BCUT2D eigenvalue weighted by Gasteiger charge is 2.23. The molecule has 84 valence electrons. The van der Waals surface area contributed by atoms with Gasteiger partial charge in [-0.2, -0.15) is 0 Å². The van der Waals surface area contributed by atoms with Gasteiger partial charge in [0.1, 0.15) is 0 Å². The minimum Gasteiger partial charge on any atom is -0.300 e. The maximum absolute atomic E-state index is 2.63. The molecular weight excluding hydrogens is 172 g/mol. The highest BCUT2D eigenvalue weighted by Crippen LogP contribution is 2.15. The largest absolute Gasteiger partial charge is 0.300 e. The van der Waals surface area contributed by atoms with Crippen LogP contribution in [0.15, 0.2) is 0 Å². The van der Waals surface area contributed by atoms with Crippen LogP contribution in [0.5, 0.6) is 0 Å². The zero-order chi connectivity index (χ0) is 10.7. The zero-order valence-electron chi connectivity index (χ0n) is 10.5. The molecule has 0 N–H and O–H groups in total. The maximum Gasteiger partial charge on any atom is 0.0115 e. The molecule has 0 saturated carbocycles. The normalized spacial score (nSPS) is 27.2. The molecule has 1 aliphatic rings. The van der Waals surface area contributed by atoms with E-state index in [1.165, 1.54) is 26.1 Å². The van der Waals surface area contributed by atoms with Crippen LogP contribution >= 0.6 is 0 Å². The minimum absolute atomic E-state index is 0.692. The Hall–Kier alpha value is -0.0800. The molecule has 0 spiro atoms. The summed E-state index contributed by atoms with van der Waals surface area (Å²) in [5.41, 5.74) is 0. The van der Waals surface area contributed by atoms with Gasteiger partial charge in [0.25, 0.3) is 0 Å². The van der Waals surface area contributed by atoms with Gasteiger partial charge in [0.05, 0.1) is 0 Å². The smallest absolute Gasteiger partial charge is 0.0115 e. The fourth-order valence-electron chi connectivity index (χ4n) is 2.38. The summed E-state index contributed by atoms with van der Waals surface area (Å²) in [5, 5.41) is 0. The van der Waals surface area contributed by atoms with E-state index in [9.17, 15) is 0 Å². The van der Waals surface area contributed by atoms with Crippen molar-refractivity contribution >= 4 is 0 Å². The summed E-state index contributed by atoms with van der Waals surface area (Å²) >= 11 is 0. The SMILES string of the molecule is CC(C)N1CCC(C)N(C(C)C)CC1. The molecule has 0 bridgehead atoms. The van der Waals surface area contributed by atoms with E-state index in [4.69, 9.17) is 0 Å². The van der Waals surface area contributed by atoms with E-state index >= 15 is 0 Å². The molecule has 1 rings (SSSR count). The zero-order valence-corrected chi connectivity index (χ0v) is 10.5. The second kappa shape index (κ2) is 5.13. The van der Waals surface area contributed by atoms with Gasteiger partial charge >= 0.3 is 0 Å². The molecular formula is C12H26N2. The Labute approximate surface area is 89.3 Å². The molecule has 1 heterocycles. The van der Waals surface area contributed by atoms with Gasteiger partial charge in [0.2, 0.25) is 0 Å². The van der Waals surface area contributed by atoms with Crippen molar-refractivity contribution in [3.05, 3.63) is 0 Å². The lowest BCUT2D eigenvalue weighted by Crippen LogP contribution is -2.40. The molecule has 14 heavy (non-hydrogen) atoms. The van der Waals surface area contributed by atoms with Crippen molar-refractivity contribution in [3.63, 3.8) is 0 Å². The molecule has 0 radical (unpaired) electrons. The first-order valence-corrected chi connectivity index (χ1v) is 6.02. The number of nitrogens with zero attached hydrogens (tertiary/aromatic N) is 2. The van der Waals surface area contributed by atoms with E-state index in [2.05, 4.69) is 44.4 Å². The first-order chi connectivity index (χ1) is 6.52. The Morgan fingerprint density at radius 2 is 1.57 bits per heavy atom. The Morgan fingerprint density at radius 3 is 2.07 bits per heavy atom. The molecule has 2 heteroatoms. The lowest BCUT2D eigenvalue weighted by Gasteiger charge is -2.30. The molecule has 0 aromatic carbocycles. The standard InChI is InChI=1S/C12H26N2/c1-10(2)13-7-6-12(5)14(9-8-13)11(3)4/h10-12H,6-9H2,1-5H3. The van der Waals surface area contributed by atoms with Crippen molar-refractivity contribution in [2.24, 2.45) is 0 Å². The number of hydrogen-bond donors (Lipinski definition) is 0. The van der Waals surface area contributed by atoms with Gasteiger partial charge in [-0.25, -0.2) is 0 Å². The van der Waals surface area contributed by atoms with Crippen molar-refractivity contribution < 1.29 is 0 Å². The first kappa shape index (κ1) is 12.0.